The predicted molar refractivity (Wildman–Crippen MR) is 455 cm³/mol. The first-order chi connectivity index (χ1) is 56.8. The molecule has 0 atom stereocenters. The molecule has 4 amide bonds. The summed E-state index contributed by atoms with van der Waals surface area (Å²) in [5.74, 6) is -8.96. The Hall–Kier alpha value is -15.0. The van der Waals surface area contributed by atoms with Gasteiger partial charge in [0.1, 0.15) is 46.0 Å². The van der Waals surface area contributed by atoms with Crippen molar-refractivity contribution in [3.63, 3.8) is 0 Å². The first kappa shape index (κ1) is 75.6. The number of anilines is 2. The van der Waals surface area contributed by atoms with Crippen LogP contribution in [0.5, 0.6) is 46.0 Å². The van der Waals surface area contributed by atoms with Crippen LogP contribution in [0.3, 0.4) is 0 Å². The van der Waals surface area contributed by atoms with Gasteiger partial charge in [0.05, 0.1) is 55.9 Å². The third-order valence-electron chi connectivity index (χ3n) is 22.2. The average Bonchev–Trinajstić information content (AvgIpc) is 0.668. The largest absolute Gasteiger partial charge is 0.478 e. The van der Waals surface area contributed by atoms with Crippen LogP contribution < -0.4 is 28.7 Å². The van der Waals surface area contributed by atoms with Crippen LogP contribution >= 0.6 is 0 Å². The maximum absolute atomic E-state index is 17.1. The fourth-order valence-corrected chi connectivity index (χ4v) is 16.6. The zero-order valence-electron chi connectivity index (χ0n) is 65.1. The van der Waals surface area contributed by atoms with Crippen molar-refractivity contribution in [2.75, 3.05) is 9.80 Å². The number of hydrogen-bond acceptors (Lipinski definition) is 12. The number of hydrogen-bond donors (Lipinski definition) is 4. The van der Waals surface area contributed by atoms with E-state index >= 15 is 19.2 Å². The van der Waals surface area contributed by atoms with Gasteiger partial charge in [0, 0.05) is 65.3 Å². The molecular formula is C100H74N2O16. The molecule has 0 unspecified atom stereocenters. The van der Waals surface area contributed by atoms with Gasteiger partial charge in [-0.1, -0.05) is 213 Å². The van der Waals surface area contributed by atoms with Gasteiger partial charge in [-0.2, -0.15) is 0 Å². The quantitative estimate of drug-likeness (QED) is 0.0279. The third-order valence-corrected chi connectivity index (χ3v) is 22.2. The zero-order chi connectivity index (χ0) is 82.5. The Balaban J connectivity index is 1.12. The number of carbonyl (C=O) groups excluding carboxylic acids is 4. The van der Waals surface area contributed by atoms with Crippen LogP contribution in [0.1, 0.15) is 184 Å². The van der Waals surface area contributed by atoms with Gasteiger partial charge in [-0.15, -0.1) is 0 Å². The van der Waals surface area contributed by atoms with Crippen LogP contribution in [0.4, 0.5) is 11.4 Å². The summed E-state index contributed by atoms with van der Waals surface area (Å²) in [6, 6.07) is 71.1. The molecule has 0 saturated carbocycles. The van der Waals surface area contributed by atoms with Crippen LogP contribution in [-0.2, 0) is 0 Å². The van der Waals surface area contributed by atoms with Gasteiger partial charge in [-0.25, -0.2) is 29.0 Å². The molecular weight excluding hydrogens is 1490 g/mol. The summed E-state index contributed by atoms with van der Waals surface area (Å²) < 4.78 is 30.6. The van der Waals surface area contributed by atoms with Crippen LogP contribution in [0.15, 0.2) is 255 Å². The van der Waals surface area contributed by atoms with E-state index in [0.717, 1.165) is 11.1 Å². The third kappa shape index (κ3) is 12.8. The number of nitrogens with zero attached hydrogens (tertiary/aromatic N) is 2. The molecule has 0 aliphatic carbocycles. The molecule has 2 aliphatic heterocycles. The van der Waals surface area contributed by atoms with Gasteiger partial charge in [0.15, 0.2) is 0 Å². The Morgan fingerprint density at radius 2 is 0.492 bits per heavy atom. The molecule has 0 radical (unpaired) electrons. The highest BCUT2D eigenvalue weighted by Crippen LogP contribution is 2.60. The van der Waals surface area contributed by atoms with Gasteiger partial charge >= 0.3 is 23.9 Å². The van der Waals surface area contributed by atoms with E-state index in [0.29, 0.717) is 67.4 Å². The highest BCUT2D eigenvalue weighted by Gasteiger charge is 2.45. The summed E-state index contributed by atoms with van der Waals surface area (Å²) >= 11 is 0. The lowest BCUT2D eigenvalue weighted by atomic mass is 9.80. The maximum Gasteiger partial charge on any atom is 0.335 e. The minimum absolute atomic E-state index is 0.00183. The number of amides is 4. The van der Waals surface area contributed by atoms with E-state index in [-0.39, 0.29) is 157 Å². The lowest BCUT2D eigenvalue weighted by Gasteiger charge is -2.35. The smallest absolute Gasteiger partial charge is 0.335 e. The number of carbonyl (C=O) groups is 8. The Morgan fingerprint density at radius 1 is 0.237 bits per heavy atom. The summed E-state index contributed by atoms with van der Waals surface area (Å²) in [4.78, 5) is 122. The van der Waals surface area contributed by atoms with Crippen molar-refractivity contribution in [1.29, 1.82) is 0 Å². The molecule has 2 aliphatic rings. The van der Waals surface area contributed by atoms with Gasteiger partial charge in [-0.3, -0.25) is 19.2 Å². The average molecular weight is 1560 g/mol. The highest BCUT2D eigenvalue weighted by molar-refractivity contribution is 6.48. The predicted octanol–water partition coefficient (Wildman–Crippen LogP) is 24.5. The topological polar surface area (TPSA) is 261 Å². The van der Waals surface area contributed by atoms with E-state index in [2.05, 4.69) is 0 Å². The van der Waals surface area contributed by atoms with E-state index in [9.17, 15) is 39.6 Å². The minimum Gasteiger partial charge on any atom is -0.478 e. The number of carboxylic acids is 4. The number of rotatable bonds is 22. The molecule has 118 heavy (non-hydrogen) atoms. The minimum atomic E-state index is -1.32. The van der Waals surface area contributed by atoms with Gasteiger partial charge in [0.2, 0.25) is 0 Å². The van der Waals surface area contributed by atoms with Gasteiger partial charge in [-0.05, 0) is 165 Å². The van der Waals surface area contributed by atoms with Crippen molar-refractivity contribution in [2.45, 2.75) is 79.1 Å². The number of carboxylic acid groups (broad SMARTS) is 4. The van der Waals surface area contributed by atoms with Crippen molar-refractivity contribution in [3.8, 4) is 90.5 Å². The second-order valence-electron chi connectivity index (χ2n) is 30.7. The molecule has 18 heteroatoms. The molecule has 0 spiro atoms. The van der Waals surface area contributed by atoms with Gasteiger partial charge in [0.25, 0.3) is 23.6 Å². The number of imide groups is 2. The van der Waals surface area contributed by atoms with Crippen LogP contribution in [0.2, 0.25) is 0 Å². The second-order valence-corrected chi connectivity index (χ2v) is 30.7. The normalized spacial score (nSPS) is 12.7. The Labute approximate surface area is 676 Å². The number of ether oxygens (including phenoxy) is 4. The second kappa shape index (κ2) is 29.7. The molecule has 18 nitrogen and oxygen atoms in total. The molecule has 0 saturated heterocycles. The standard InChI is InChI=1S/C100H74N2O16/c1-51(2)63-27-19-28-64(52(3)4)91(63)101-93(103)71-47-79(115-75-31-17-15-25-67(75)55-21-11-9-12-22-55)85-86-80(116-76-32-18-16-26-68(76)56-23-13-10-14-24-56)48-72-84-74(96(106)102(94(72)104)92-65(53(5)6)29-20-30-66(92)54(7)8)50-82(118-78-44-42-62(100(113)114)46-70(78)58-35-39-60(40-36-58)98(109)110)88(90(84)86)87-81(49-73(95(101)105)83(71)89(85)87)117-77-43-41-61(99(111)112)45-69(77)57-33-37-59(38-34-57)97(107)108/h9-54H,1-8H3,(H,107,108)(H,109,110)(H,111,112)(H,113,114). The number of fused-ring (bicyclic) bond motifs is 2. The lowest BCUT2D eigenvalue weighted by molar-refractivity contribution is 0.0686. The maximum atomic E-state index is 17.1. The lowest BCUT2D eigenvalue weighted by Crippen LogP contribution is -2.42. The first-order valence-electron chi connectivity index (χ1n) is 38.7. The summed E-state index contributed by atoms with van der Waals surface area (Å²) in [6.45, 7) is 15.8. The van der Waals surface area contributed by atoms with Crippen LogP contribution in [0.25, 0.3) is 87.6 Å². The van der Waals surface area contributed by atoms with E-state index < -0.39 is 47.5 Å². The Morgan fingerprint density at radius 3 is 0.771 bits per heavy atom. The molecule has 4 N–H and O–H groups in total. The van der Waals surface area contributed by atoms with Crippen molar-refractivity contribution in [2.24, 2.45) is 0 Å². The zero-order valence-corrected chi connectivity index (χ0v) is 65.1. The van der Waals surface area contributed by atoms with Gasteiger partial charge < -0.3 is 39.4 Å². The Kier molecular flexibility index (Phi) is 19.1. The van der Waals surface area contributed by atoms with Crippen molar-refractivity contribution in [1.82, 2.24) is 0 Å². The van der Waals surface area contributed by atoms with E-state index in [4.69, 9.17) is 18.9 Å². The summed E-state index contributed by atoms with van der Waals surface area (Å²) in [5.41, 5.74) is 6.30. The first-order valence-corrected chi connectivity index (χ1v) is 38.7. The molecule has 15 aromatic rings. The Bertz CT molecular complexity index is 6330. The number of aromatic carboxylic acids is 4. The van der Waals surface area contributed by atoms with Crippen molar-refractivity contribution >= 4 is 102 Å². The highest BCUT2D eigenvalue weighted by atomic mass is 16.5. The van der Waals surface area contributed by atoms with E-state index in [1.54, 1.807) is 36.4 Å². The van der Waals surface area contributed by atoms with E-state index in [1.807, 2.05) is 177 Å². The van der Waals surface area contributed by atoms with Crippen molar-refractivity contribution < 1.29 is 77.7 Å². The summed E-state index contributed by atoms with van der Waals surface area (Å²) in [6.07, 6.45) is 0. The fourth-order valence-electron chi connectivity index (χ4n) is 16.6. The summed E-state index contributed by atoms with van der Waals surface area (Å²) in [7, 11) is 0. The number of benzene rings is 15. The molecule has 0 bridgehead atoms. The fraction of sp³-hybridized carbons (Fsp3) is 0.120. The molecule has 0 aromatic heterocycles. The van der Waals surface area contributed by atoms with Crippen LogP contribution in [-0.4, -0.2) is 67.9 Å². The van der Waals surface area contributed by atoms with Crippen LogP contribution in [0, 0.1) is 0 Å². The molecule has 15 aromatic carbocycles. The molecule has 580 valence electrons. The summed E-state index contributed by atoms with van der Waals surface area (Å²) in [5, 5.41) is 42.9. The SMILES string of the molecule is CC(C)c1cccc(C(C)C)c1N1C(=O)c2cc(Oc3ccccc3-c3ccccc3)c3c4c(Oc5ccccc5-c5ccccc5)cc5c6c(cc(Oc7ccc(C(=O)O)cc7-c7ccc(C(=O)O)cc7)c(c7c(Oc8ccc(C(=O)O)cc8-c8ccc(C(=O)O)cc8)cc(c2c37)C1=O)c64)C(=O)N(c1c(C(C)C)cccc1C(C)C)C5=O. The number of para-hydroxylation sites is 4. The molecule has 0 fully saturated rings. The van der Waals surface area contributed by atoms with E-state index in [1.165, 1.54) is 107 Å². The van der Waals surface area contributed by atoms with Crippen molar-refractivity contribution in [3.05, 3.63) is 322 Å². The molecule has 2 heterocycles. The monoisotopic (exact) mass is 1560 g/mol. The molecule has 17 rings (SSSR count).